The molecule has 1 atom stereocenters. The summed E-state index contributed by atoms with van der Waals surface area (Å²) >= 11 is 0. The van der Waals surface area contributed by atoms with Crippen LogP contribution in [-0.4, -0.2) is 18.5 Å². The standard InChI is InChI=1S/C11H10O3/c1-2-8(6-12)9-4-3-5-10-11(9)14-7-13-10/h1,3-5,8,12H,6-7H2. The Hall–Kier alpha value is -1.66. The van der Waals surface area contributed by atoms with Crippen molar-refractivity contribution in [2.45, 2.75) is 5.92 Å². The molecule has 14 heavy (non-hydrogen) atoms. The van der Waals surface area contributed by atoms with Crippen molar-refractivity contribution in [3.63, 3.8) is 0 Å². The normalized spacial score (nSPS) is 14.9. The molecule has 0 amide bonds. The lowest BCUT2D eigenvalue weighted by Gasteiger charge is -2.09. The third-order valence-electron chi connectivity index (χ3n) is 2.19. The van der Waals surface area contributed by atoms with Gasteiger partial charge < -0.3 is 14.6 Å². The number of fused-ring (bicyclic) bond motifs is 1. The van der Waals surface area contributed by atoms with Gasteiger partial charge in [-0.2, -0.15) is 0 Å². The van der Waals surface area contributed by atoms with Crippen molar-refractivity contribution in [3.8, 4) is 23.8 Å². The Kier molecular flexibility index (Phi) is 2.30. The summed E-state index contributed by atoms with van der Waals surface area (Å²) in [6.45, 7) is 0.130. The van der Waals surface area contributed by atoms with E-state index in [2.05, 4.69) is 5.92 Å². The van der Waals surface area contributed by atoms with E-state index in [-0.39, 0.29) is 19.3 Å². The van der Waals surface area contributed by atoms with Crippen LogP contribution in [0.5, 0.6) is 11.5 Å². The molecule has 0 radical (unpaired) electrons. The first-order valence-corrected chi connectivity index (χ1v) is 4.32. The van der Waals surface area contributed by atoms with Gasteiger partial charge in [-0.3, -0.25) is 0 Å². The molecule has 0 aromatic heterocycles. The summed E-state index contributed by atoms with van der Waals surface area (Å²) in [4.78, 5) is 0. The monoisotopic (exact) mass is 190 g/mol. The van der Waals surface area contributed by atoms with Crippen LogP contribution in [0, 0.1) is 12.3 Å². The SMILES string of the molecule is C#CC(CO)c1cccc2c1OCO2. The lowest BCUT2D eigenvalue weighted by molar-refractivity contribution is 0.172. The molecular weight excluding hydrogens is 180 g/mol. The Morgan fingerprint density at radius 1 is 1.50 bits per heavy atom. The van der Waals surface area contributed by atoms with Crippen molar-refractivity contribution >= 4 is 0 Å². The second-order valence-electron chi connectivity index (χ2n) is 2.98. The molecule has 0 saturated carbocycles. The molecular formula is C11H10O3. The predicted octanol–water partition coefficient (Wildman–Crippen LogP) is 1.12. The maximum Gasteiger partial charge on any atom is 0.231 e. The predicted molar refractivity (Wildman–Crippen MR) is 51.2 cm³/mol. The first-order valence-electron chi connectivity index (χ1n) is 4.32. The fraction of sp³-hybridized carbons (Fsp3) is 0.273. The lowest BCUT2D eigenvalue weighted by Crippen LogP contribution is -2.02. The Balaban J connectivity index is 2.44. The summed E-state index contributed by atoms with van der Waals surface area (Å²) < 4.78 is 10.5. The molecule has 0 bridgehead atoms. The lowest BCUT2D eigenvalue weighted by atomic mass is 9.99. The highest BCUT2D eigenvalue weighted by Gasteiger charge is 2.21. The van der Waals surface area contributed by atoms with E-state index in [1.54, 1.807) is 0 Å². The number of aliphatic hydroxyl groups is 1. The maximum atomic E-state index is 9.07. The number of hydrogen-bond donors (Lipinski definition) is 1. The van der Waals surface area contributed by atoms with Gasteiger partial charge in [0.2, 0.25) is 6.79 Å². The van der Waals surface area contributed by atoms with Crippen molar-refractivity contribution in [1.29, 1.82) is 0 Å². The molecule has 1 heterocycles. The van der Waals surface area contributed by atoms with Crippen LogP contribution in [0.1, 0.15) is 11.5 Å². The second kappa shape index (κ2) is 3.60. The van der Waals surface area contributed by atoms with Gasteiger partial charge in [0.15, 0.2) is 11.5 Å². The van der Waals surface area contributed by atoms with Gasteiger partial charge in [-0.25, -0.2) is 0 Å². The Labute approximate surface area is 82.3 Å². The van der Waals surface area contributed by atoms with E-state index in [0.29, 0.717) is 11.5 Å². The van der Waals surface area contributed by atoms with Gasteiger partial charge in [0.25, 0.3) is 0 Å². The molecule has 0 fully saturated rings. The summed E-state index contributed by atoms with van der Waals surface area (Å²) in [5.74, 6) is 3.53. The average Bonchev–Trinajstić information content (AvgIpc) is 2.68. The molecule has 3 heteroatoms. The topological polar surface area (TPSA) is 38.7 Å². The van der Waals surface area contributed by atoms with Crippen LogP contribution in [0.3, 0.4) is 0 Å². The van der Waals surface area contributed by atoms with E-state index in [1.807, 2.05) is 18.2 Å². The van der Waals surface area contributed by atoms with Gasteiger partial charge in [0.05, 0.1) is 12.5 Å². The minimum atomic E-state index is -0.327. The summed E-state index contributed by atoms with van der Waals surface area (Å²) in [7, 11) is 0. The van der Waals surface area contributed by atoms with Gasteiger partial charge >= 0.3 is 0 Å². The molecule has 1 unspecified atom stereocenters. The molecule has 1 aromatic rings. The maximum absolute atomic E-state index is 9.07. The van der Waals surface area contributed by atoms with Crippen LogP contribution < -0.4 is 9.47 Å². The van der Waals surface area contributed by atoms with Gasteiger partial charge in [-0.1, -0.05) is 18.1 Å². The van der Waals surface area contributed by atoms with E-state index in [9.17, 15) is 0 Å². The average molecular weight is 190 g/mol. The summed E-state index contributed by atoms with van der Waals surface area (Å²) in [5.41, 5.74) is 0.810. The van der Waals surface area contributed by atoms with Crippen LogP contribution in [-0.2, 0) is 0 Å². The third kappa shape index (κ3) is 1.30. The van der Waals surface area contributed by atoms with Crippen molar-refractivity contribution in [1.82, 2.24) is 0 Å². The fourth-order valence-electron chi connectivity index (χ4n) is 1.47. The van der Waals surface area contributed by atoms with Crippen LogP contribution in [0.15, 0.2) is 18.2 Å². The molecule has 1 N–H and O–H groups in total. The zero-order valence-corrected chi connectivity index (χ0v) is 7.56. The molecule has 1 aromatic carbocycles. The third-order valence-corrected chi connectivity index (χ3v) is 2.19. The molecule has 0 spiro atoms. The molecule has 0 saturated heterocycles. The largest absolute Gasteiger partial charge is 0.454 e. The van der Waals surface area contributed by atoms with Crippen molar-refractivity contribution < 1.29 is 14.6 Å². The molecule has 2 rings (SSSR count). The highest BCUT2D eigenvalue weighted by Crippen LogP contribution is 2.38. The second-order valence-corrected chi connectivity index (χ2v) is 2.98. The Morgan fingerprint density at radius 3 is 3.07 bits per heavy atom. The summed E-state index contributed by atoms with van der Waals surface area (Å²) in [5, 5.41) is 9.07. The molecule has 1 aliphatic heterocycles. The van der Waals surface area contributed by atoms with E-state index >= 15 is 0 Å². The van der Waals surface area contributed by atoms with E-state index in [0.717, 1.165) is 5.56 Å². The Morgan fingerprint density at radius 2 is 2.36 bits per heavy atom. The Bertz CT molecular complexity index is 379. The highest BCUT2D eigenvalue weighted by molar-refractivity contribution is 5.51. The van der Waals surface area contributed by atoms with Crippen molar-refractivity contribution in [3.05, 3.63) is 23.8 Å². The van der Waals surface area contributed by atoms with Crippen LogP contribution in [0.4, 0.5) is 0 Å². The van der Waals surface area contributed by atoms with Crippen LogP contribution in [0.2, 0.25) is 0 Å². The van der Waals surface area contributed by atoms with Gasteiger partial charge in [-0.05, 0) is 6.07 Å². The number of aliphatic hydroxyl groups excluding tert-OH is 1. The summed E-state index contributed by atoms with van der Waals surface area (Å²) in [6.07, 6.45) is 5.30. The number of para-hydroxylation sites is 1. The van der Waals surface area contributed by atoms with Gasteiger partial charge in [0.1, 0.15) is 0 Å². The molecule has 72 valence electrons. The summed E-state index contributed by atoms with van der Waals surface area (Å²) in [6, 6.07) is 5.49. The van der Waals surface area contributed by atoms with Crippen molar-refractivity contribution in [2.75, 3.05) is 13.4 Å². The number of hydrogen-bond acceptors (Lipinski definition) is 3. The first kappa shape index (κ1) is 8.92. The number of ether oxygens (including phenoxy) is 2. The van der Waals surface area contributed by atoms with E-state index in [1.165, 1.54) is 0 Å². The number of terminal acetylenes is 1. The van der Waals surface area contributed by atoms with Crippen molar-refractivity contribution in [2.24, 2.45) is 0 Å². The zero-order valence-electron chi connectivity index (χ0n) is 7.56. The molecule has 1 aliphatic rings. The van der Waals surface area contributed by atoms with E-state index < -0.39 is 0 Å². The number of benzene rings is 1. The van der Waals surface area contributed by atoms with Gasteiger partial charge in [-0.15, -0.1) is 6.42 Å². The van der Waals surface area contributed by atoms with Gasteiger partial charge in [0, 0.05) is 5.56 Å². The molecule has 3 nitrogen and oxygen atoms in total. The highest BCUT2D eigenvalue weighted by atomic mass is 16.7. The smallest absolute Gasteiger partial charge is 0.231 e. The fourth-order valence-corrected chi connectivity index (χ4v) is 1.47. The minimum Gasteiger partial charge on any atom is -0.454 e. The molecule has 0 aliphatic carbocycles. The van der Waals surface area contributed by atoms with Crippen LogP contribution in [0.25, 0.3) is 0 Å². The zero-order chi connectivity index (χ0) is 9.97. The van der Waals surface area contributed by atoms with Crippen LogP contribution >= 0.6 is 0 Å². The number of rotatable bonds is 2. The first-order chi connectivity index (χ1) is 6.86. The van der Waals surface area contributed by atoms with E-state index in [4.69, 9.17) is 21.0 Å². The minimum absolute atomic E-state index is 0.0870. The quantitative estimate of drug-likeness (QED) is 0.710.